The molecule has 2 aliphatic heterocycles. The van der Waals surface area contributed by atoms with Gasteiger partial charge in [0.2, 0.25) is 0 Å². The van der Waals surface area contributed by atoms with Gasteiger partial charge in [-0.25, -0.2) is 4.79 Å². The average molecular weight is 477 g/mol. The number of ether oxygens (including phenoxy) is 2. The van der Waals surface area contributed by atoms with Gasteiger partial charge < -0.3 is 14.4 Å². The first-order valence-corrected chi connectivity index (χ1v) is 11.1. The third-order valence-electron chi connectivity index (χ3n) is 5.52. The maximum atomic E-state index is 12.5. The molecule has 0 N–H and O–H groups in total. The molecule has 2 aliphatic rings. The maximum Gasteiger partial charge on any atom is 0.410 e. The number of ketones is 1. The molecule has 0 atom stereocenters. The van der Waals surface area contributed by atoms with E-state index in [0.29, 0.717) is 60.5 Å². The summed E-state index contributed by atoms with van der Waals surface area (Å²) in [5.41, 5.74) is 2.09. The Hall–Kier alpha value is -2.61. The number of piperazine rings is 1. The number of esters is 1. The monoisotopic (exact) mass is 476 g/mol. The van der Waals surface area contributed by atoms with Gasteiger partial charge in [0.1, 0.15) is 12.4 Å². The van der Waals surface area contributed by atoms with Crippen LogP contribution in [-0.2, 0) is 22.6 Å². The topological polar surface area (TPSA) is 76.2 Å². The average Bonchev–Trinajstić information content (AvgIpc) is 3.14. The minimum Gasteiger partial charge on any atom is -0.445 e. The highest BCUT2D eigenvalue weighted by Crippen LogP contribution is 2.27. The molecule has 0 aliphatic carbocycles. The van der Waals surface area contributed by atoms with Crippen molar-refractivity contribution < 1.29 is 23.9 Å². The number of nitrogens with zero attached hydrogens (tertiary/aromatic N) is 2. The van der Waals surface area contributed by atoms with Crippen molar-refractivity contribution in [3.63, 3.8) is 0 Å². The van der Waals surface area contributed by atoms with Crippen LogP contribution in [0, 0.1) is 0 Å². The van der Waals surface area contributed by atoms with Crippen LogP contribution in [0.15, 0.2) is 36.4 Å². The number of amides is 1. The number of hydrogen-bond acceptors (Lipinski definition) is 6. The summed E-state index contributed by atoms with van der Waals surface area (Å²) in [6.07, 6.45) is 0.222. The molecule has 1 saturated heterocycles. The summed E-state index contributed by atoms with van der Waals surface area (Å²) >= 11 is 11.9. The van der Waals surface area contributed by atoms with Crippen molar-refractivity contribution in [1.82, 2.24) is 9.80 Å². The van der Waals surface area contributed by atoms with Crippen LogP contribution in [-0.4, -0.2) is 60.4 Å². The van der Waals surface area contributed by atoms with E-state index < -0.39 is 0 Å². The highest BCUT2D eigenvalue weighted by molar-refractivity contribution is 6.34. The molecule has 0 saturated carbocycles. The van der Waals surface area contributed by atoms with E-state index in [-0.39, 0.29) is 30.9 Å². The fourth-order valence-corrected chi connectivity index (χ4v) is 4.34. The third kappa shape index (κ3) is 5.59. The summed E-state index contributed by atoms with van der Waals surface area (Å²) in [6, 6.07) is 10.2. The van der Waals surface area contributed by atoms with Crippen LogP contribution < -0.4 is 4.74 Å². The molecule has 2 heterocycles. The summed E-state index contributed by atoms with van der Waals surface area (Å²) in [5, 5.41) is 0.986. The molecule has 0 bridgehead atoms. The second kappa shape index (κ2) is 9.90. The van der Waals surface area contributed by atoms with Gasteiger partial charge in [-0.2, -0.15) is 0 Å². The van der Waals surface area contributed by atoms with Crippen LogP contribution in [0.4, 0.5) is 4.79 Å². The number of rotatable bonds is 6. The van der Waals surface area contributed by atoms with Crippen molar-refractivity contribution in [3.8, 4) is 5.75 Å². The Morgan fingerprint density at radius 3 is 2.44 bits per heavy atom. The van der Waals surface area contributed by atoms with Crippen molar-refractivity contribution >= 4 is 41.0 Å². The van der Waals surface area contributed by atoms with E-state index in [4.69, 9.17) is 32.7 Å². The molecule has 7 nitrogen and oxygen atoms in total. The maximum absolute atomic E-state index is 12.5. The summed E-state index contributed by atoms with van der Waals surface area (Å²) in [4.78, 5) is 40.0. The molecular weight excluding hydrogens is 455 g/mol. The summed E-state index contributed by atoms with van der Waals surface area (Å²) in [6.45, 7) is 3.07. The van der Waals surface area contributed by atoms with Crippen LogP contribution in [0.5, 0.6) is 5.75 Å². The van der Waals surface area contributed by atoms with Crippen molar-refractivity contribution in [1.29, 1.82) is 0 Å². The molecule has 2 aromatic carbocycles. The van der Waals surface area contributed by atoms with Crippen molar-refractivity contribution in [3.05, 3.63) is 63.1 Å². The van der Waals surface area contributed by atoms with Crippen molar-refractivity contribution in [2.24, 2.45) is 0 Å². The molecule has 4 rings (SSSR count). The molecule has 168 valence electrons. The number of carbonyl (C=O) groups excluding carboxylic acids is 3. The molecule has 0 radical (unpaired) electrons. The first-order valence-electron chi connectivity index (χ1n) is 10.3. The number of Topliss-reactive ketones (excluding diaryl/α,β-unsaturated/α-hetero) is 1. The summed E-state index contributed by atoms with van der Waals surface area (Å²) in [7, 11) is 0. The van der Waals surface area contributed by atoms with Gasteiger partial charge in [0.15, 0.2) is 5.78 Å². The molecule has 0 unspecified atom stereocenters. The molecule has 0 aromatic heterocycles. The Morgan fingerprint density at radius 1 is 1.00 bits per heavy atom. The van der Waals surface area contributed by atoms with Crippen LogP contribution in [0.2, 0.25) is 10.0 Å². The van der Waals surface area contributed by atoms with Gasteiger partial charge in [-0.3, -0.25) is 14.5 Å². The predicted octanol–water partition coefficient (Wildman–Crippen LogP) is 3.98. The van der Waals surface area contributed by atoms with Crippen LogP contribution in [0.3, 0.4) is 0 Å². The van der Waals surface area contributed by atoms with E-state index in [0.717, 1.165) is 11.1 Å². The Morgan fingerprint density at radius 2 is 1.72 bits per heavy atom. The first kappa shape index (κ1) is 22.6. The van der Waals surface area contributed by atoms with Gasteiger partial charge in [0.05, 0.1) is 6.42 Å². The molecule has 0 spiro atoms. The first-order chi connectivity index (χ1) is 15.4. The van der Waals surface area contributed by atoms with Gasteiger partial charge in [-0.1, -0.05) is 35.3 Å². The third-order valence-corrected chi connectivity index (χ3v) is 5.95. The number of benzene rings is 2. The second-order valence-corrected chi connectivity index (χ2v) is 8.68. The normalized spacial score (nSPS) is 15.9. The van der Waals surface area contributed by atoms with E-state index >= 15 is 0 Å². The minimum atomic E-state index is -0.385. The van der Waals surface area contributed by atoms with E-state index in [2.05, 4.69) is 4.90 Å². The second-order valence-electron chi connectivity index (χ2n) is 7.81. The molecule has 9 heteroatoms. The van der Waals surface area contributed by atoms with Gasteiger partial charge in [-0.05, 0) is 29.8 Å². The van der Waals surface area contributed by atoms with Crippen LogP contribution in [0.25, 0.3) is 0 Å². The smallest absolute Gasteiger partial charge is 0.410 e. The Labute approximate surface area is 195 Å². The molecule has 2 aromatic rings. The minimum absolute atomic E-state index is 0.00206. The molecular formula is C23H22Cl2N2O5. The fourth-order valence-electron chi connectivity index (χ4n) is 3.77. The number of hydrogen-bond donors (Lipinski definition) is 0. The lowest BCUT2D eigenvalue weighted by Gasteiger charge is -2.33. The van der Waals surface area contributed by atoms with Crippen molar-refractivity contribution in [2.75, 3.05) is 32.7 Å². The fraction of sp³-hybridized carbons (Fsp3) is 0.348. The standard InChI is InChI=1S/C23H22Cl2N2O5/c24-18-9-15(10-19(25)13-18)14-31-23(30)27-7-5-26(6-8-27)4-3-20(28)16-1-2-17-12-22(29)32-21(17)11-16/h1-2,9-11,13H,3-8,12,14H2. The zero-order valence-corrected chi connectivity index (χ0v) is 18.8. The van der Waals surface area contributed by atoms with E-state index in [1.165, 1.54) is 0 Å². The summed E-state index contributed by atoms with van der Waals surface area (Å²) in [5.74, 6) is 0.183. The lowest BCUT2D eigenvalue weighted by molar-refractivity contribution is -0.131. The van der Waals surface area contributed by atoms with Crippen molar-refractivity contribution in [2.45, 2.75) is 19.4 Å². The molecule has 1 amide bonds. The van der Waals surface area contributed by atoms with E-state index in [9.17, 15) is 14.4 Å². The quantitative estimate of drug-likeness (QED) is 0.356. The summed E-state index contributed by atoms with van der Waals surface area (Å²) < 4.78 is 10.5. The Balaban J connectivity index is 1.20. The van der Waals surface area contributed by atoms with Crippen LogP contribution in [0.1, 0.15) is 27.9 Å². The number of halogens is 2. The highest BCUT2D eigenvalue weighted by Gasteiger charge is 2.24. The largest absolute Gasteiger partial charge is 0.445 e. The van der Waals surface area contributed by atoms with Crippen LogP contribution >= 0.6 is 23.2 Å². The van der Waals surface area contributed by atoms with Gasteiger partial charge in [-0.15, -0.1) is 0 Å². The highest BCUT2D eigenvalue weighted by atomic mass is 35.5. The SMILES string of the molecule is O=C1Cc2ccc(C(=O)CCN3CCN(C(=O)OCc4cc(Cl)cc(Cl)c4)CC3)cc2O1. The van der Waals surface area contributed by atoms with E-state index in [1.807, 2.05) is 0 Å². The molecule has 1 fully saturated rings. The van der Waals surface area contributed by atoms with Gasteiger partial charge in [0.25, 0.3) is 0 Å². The molecule has 32 heavy (non-hydrogen) atoms. The van der Waals surface area contributed by atoms with Gasteiger partial charge >= 0.3 is 12.1 Å². The van der Waals surface area contributed by atoms with E-state index in [1.54, 1.807) is 41.3 Å². The predicted molar refractivity (Wildman–Crippen MR) is 119 cm³/mol. The lowest BCUT2D eigenvalue weighted by Crippen LogP contribution is -2.49. The Kier molecular flexibility index (Phi) is 6.98. The zero-order valence-electron chi connectivity index (χ0n) is 17.3. The number of carbonyl (C=O) groups is 3. The number of fused-ring (bicyclic) bond motifs is 1. The Bertz CT molecular complexity index is 1030. The zero-order chi connectivity index (χ0) is 22.7. The lowest BCUT2D eigenvalue weighted by atomic mass is 10.0. The van der Waals surface area contributed by atoms with Gasteiger partial charge in [0, 0.05) is 60.3 Å².